The minimum absolute atomic E-state index is 0.0584. The quantitative estimate of drug-likeness (QED) is 0.865. The lowest BCUT2D eigenvalue weighted by molar-refractivity contribution is -0.127. The van der Waals surface area contributed by atoms with Crippen molar-refractivity contribution in [1.82, 2.24) is 4.90 Å². The maximum Gasteiger partial charge on any atom is 0.246 e. The van der Waals surface area contributed by atoms with E-state index in [9.17, 15) is 4.79 Å². The van der Waals surface area contributed by atoms with Gasteiger partial charge in [0.25, 0.3) is 0 Å². The van der Waals surface area contributed by atoms with E-state index in [0.717, 1.165) is 31.2 Å². The summed E-state index contributed by atoms with van der Waals surface area (Å²) in [6, 6.07) is 8.44. The second-order valence-corrected chi connectivity index (χ2v) is 6.05. The number of carbonyl (C=O) groups excluding carboxylic acids is 1. The second kappa shape index (κ2) is 7.41. The zero-order valence-corrected chi connectivity index (χ0v) is 13.0. The summed E-state index contributed by atoms with van der Waals surface area (Å²) in [6.45, 7) is 2.33. The molecular formula is C18H25NO2. The standard InChI is InChI=1S/C18H25NO2/c1-14-3-5-15(6-4-14)9-12-18(21)19(2)17-10-7-16(13-20)8-11-17/h3-6,9,12,16-17,20H,7-8,10-11,13H2,1-2H3/b12-9+. The maximum atomic E-state index is 12.2. The van der Waals surface area contributed by atoms with E-state index in [1.807, 2.05) is 42.3 Å². The molecule has 3 heteroatoms. The van der Waals surface area contributed by atoms with Crippen LogP contribution in [-0.4, -0.2) is 35.6 Å². The average molecular weight is 287 g/mol. The van der Waals surface area contributed by atoms with E-state index in [2.05, 4.69) is 6.92 Å². The van der Waals surface area contributed by atoms with Gasteiger partial charge in [-0.15, -0.1) is 0 Å². The molecule has 2 rings (SSSR count). The van der Waals surface area contributed by atoms with E-state index in [0.29, 0.717) is 12.0 Å². The first-order valence-electron chi connectivity index (χ1n) is 7.72. The summed E-state index contributed by atoms with van der Waals surface area (Å²) in [4.78, 5) is 14.1. The maximum absolute atomic E-state index is 12.2. The van der Waals surface area contributed by atoms with Crippen LogP contribution in [0.15, 0.2) is 30.3 Å². The van der Waals surface area contributed by atoms with Crippen LogP contribution in [0.3, 0.4) is 0 Å². The fourth-order valence-corrected chi connectivity index (χ4v) is 2.86. The monoisotopic (exact) mass is 287 g/mol. The van der Waals surface area contributed by atoms with Crippen LogP contribution < -0.4 is 0 Å². The Morgan fingerprint density at radius 1 is 1.24 bits per heavy atom. The molecular weight excluding hydrogens is 262 g/mol. The van der Waals surface area contributed by atoms with Crippen molar-refractivity contribution in [3.05, 3.63) is 41.5 Å². The van der Waals surface area contributed by atoms with Crippen molar-refractivity contribution in [3.63, 3.8) is 0 Å². The lowest BCUT2D eigenvalue weighted by atomic mass is 9.86. The van der Waals surface area contributed by atoms with Gasteiger partial charge in [0.15, 0.2) is 0 Å². The topological polar surface area (TPSA) is 40.5 Å². The number of likely N-dealkylation sites (N-methyl/N-ethyl adjacent to an activating group) is 1. The lowest BCUT2D eigenvalue weighted by Gasteiger charge is -2.33. The van der Waals surface area contributed by atoms with Crippen molar-refractivity contribution < 1.29 is 9.90 Å². The predicted molar refractivity (Wildman–Crippen MR) is 85.8 cm³/mol. The highest BCUT2D eigenvalue weighted by molar-refractivity contribution is 5.91. The van der Waals surface area contributed by atoms with Crippen LogP contribution >= 0.6 is 0 Å². The van der Waals surface area contributed by atoms with Gasteiger partial charge in [-0.3, -0.25) is 4.79 Å². The molecule has 0 spiro atoms. The van der Waals surface area contributed by atoms with Gasteiger partial charge in [0.2, 0.25) is 5.91 Å². The molecule has 0 atom stereocenters. The minimum Gasteiger partial charge on any atom is -0.396 e. The van der Waals surface area contributed by atoms with Crippen LogP contribution in [0.5, 0.6) is 0 Å². The van der Waals surface area contributed by atoms with Crippen molar-refractivity contribution in [2.45, 2.75) is 38.6 Å². The number of aliphatic hydroxyl groups excluding tert-OH is 1. The first-order valence-corrected chi connectivity index (χ1v) is 7.72. The highest BCUT2D eigenvalue weighted by Gasteiger charge is 2.25. The third-order valence-corrected chi connectivity index (χ3v) is 4.47. The summed E-state index contributed by atoms with van der Waals surface area (Å²) in [5, 5.41) is 9.16. The largest absolute Gasteiger partial charge is 0.396 e. The molecule has 1 amide bonds. The molecule has 0 unspecified atom stereocenters. The van der Waals surface area contributed by atoms with Crippen LogP contribution in [-0.2, 0) is 4.79 Å². The van der Waals surface area contributed by atoms with Gasteiger partial charge >= 0.3 is 0 Å². The van der Waals surface area contributed by atoms with E-state index in [1.165, 1.54) is 5.56 Å². The summed E-state index contributed by atoms with van der Waals surface area (Å²) < 4.78 is 0. The Balaban J connectivity index is 1.89. The number of hydrogen-bond donors (Lipinski definition) is 1. The van der Waals surface area contributed by atoms with E-state index >= 15 is 0 Å². The molecule has 114 valence electrons. The molecule has 0 radical (unpaired) electrons. The zero-order valence-electron chi connectivity index (χ0n) is 13.0. The Bertz CT molecular complexity index is 484. The molecule has 1 aliphatic carbocycles. The van der Waals surface area contributed by atoms with Crippen LogP contribution in [0.4, 0.5) is 0 Å². The Kier molecular flexibility index (Phi) is 5.57. The molecule has 1 N–H and O–H groups in total. The number of amides is 1. The smallest absolute Gasteiger partial charge is 0.246 e. The van der Waals surface area contributed by atoms with Gasteiger partial charge in [-0.05, 0) is 50.2 Å². The van der Waals surface area contributed by atoms with Crippen LogP contribution in [0.1, 0.15) is 36.8 Å². The van der Waals surface area contributed by atoms with Crippen LogP contribution in [0.25, 0.3) is 6.08 Å². The summed E-state index contributed by atoms with van der Waals surface area (Å²) in [5.74, 6) is 0.482. The van der Waals surface area contributed by atoms with E-state index in [4.69, 9.17) is 5.11 Å². The molecule has 1 aromatic carbocycles. The highest BCUT2D eigenvalue weighted by atomic mass is 16.3. The molecule has 0 heterocycles. The third kappa shape index (κ3) is 4.43. The molecule has 0 saturated heterocycles. The average Bonchev–Trinajstić information content (AvgIpc) is 2.53. The number of carbonyl (C=O) groups is 1. The minimum atomic E-state index is 0.0584. The number of rotatable bonds is 4. The molecule has 0 aromatic heterocycles. The summed E-state index contributed by atoms with van der Waals surface area (Å²) >= 11 is 0. The van der Waals surface area contributed by atoms with Crippen molar-refractivity contribution in [3.8, 4) is 0 Å². The third-order valence-electron chi connectivity index (χ3n) is 4.47. The molecule has 3 nitrogen and oxygen atoms in total. The van der Waals surface area contributed by atoms with Gasteiger partial charge in [-0.25, -0.2) is 0 Å². The van der Waals surface area contributed by atoms with Crippen molar-refractivity contribution >= 4 is 12.0 Å². The van der Waals surface area contributed by atoms with Gasteiger partial charge in [-0.1, -0.05) is 29.8 Å². The van der Waals surface area contributed by atoms with Gasteiger partial charge in [0, 0.05) is 25.8 Å². The second-order valence-electron chi connectivity index (χ2n) is 6.05. The van der Waals surface area contributed by atoms with E-state index in [-0.39, 0.29) is 12.5 Å². The summed E-state index contributed by atoms with van der Waals surface area (Å²) in [6.07, 6.45) is 7.54. The molecule has 1 aromatic rings. The summed E-state index contributed by atoms with van der Waals surface area (Å²) in [5.41, 5.74) is 2.27. The number of benzene rings is 1. The van der Waals surface area contributed by atoms with E-state index < -0.39 is 0 Å². The lowest BCUT2D eigenvalue weighted by Crippen LogP contribution is -2.39. The van der Waals surface area contributed by atoms with Crippen molar-refractivity contribution in [2.24, 2.45) is 5.92 Å². The first-order chi connectivity index (χ1) is 10.1. The van der Waals surface area contributed by atoms with Gasteiger partial charge in [-0.2, -0.15) is 0 Å². The van der Waals surface area contributed by atoms with Gasteiger partial charge in [0.1, 0.15) is 0 Å². The number of aryl methyl sites for hydroxylation is 1. The fourth-order valence-electron chi connectivity index (χ4n) is 2.86. The predicted octanol–water partition coefficient (Wildman–Crippen LogP) is 3.02. The Morgan fingerprint density at radius 3 is 2.43 bits per heavy atom. The molecule has 1 fully saturated rings. The molecule has 21 heavy (non-hydrogen) atoms. The Morgan fingerprint density at radius 2 is 1.86 bits per heavy atom. The first kappa shape index (κ1) is 15.8. The number of hydrogen-bond acceptors (Lipinski definition) is 2. The van der Waals surface area contributed by atoms with E-state index in [1.54, 1.807) is 6.08 Å². The number of nitrogens with zero attached hydrogens (tertiary/aromatic N) is 1. The molecule has 1 aliphatic rings. The number of aliphatic hydroxyl groups is 1. The Labute approximate surface area is 127 Å². The normalized spacial score (nSPS) is 22.4. The van der Waals surface area contributed by atoms with Crippen LogP contribution in [0, 0.1) is 12.8 Å². The summed E-state index contributed by atoms with van der Waals surface area (Å²) in [7, 11) is 1.88. The van der Waals surface area contributed by atoms with Crippen LogP contribution in [0.2, 0.25) is 0 Å². The highest BCUT2D eigenvalue weighted by Crippen LogP contribution is 2.26. The zero-order chi connectivity index (χ0) is 15.2. The van der Waals surface area contributed by atoms with Crippen molar-refractivity contribution in [1.29, 1.82) is 0 Å². The molecule has 0 aliphatic heterocycles. The fraction of sp³-hybridized carbons (Fsp3) is 0.500. The van der Waals surface area contributed by atoms with Gasteiger partial charge < -0.3 is 10.0 Å². The SMILES string of the molecule is Cc1ccc(/C=C/C(=O)N(C)C2CCC(CO)CC2)cc1. The Hall–Kier alpha value is -1.61. The van der Waals surface area contributed by atoms with Crippen molar-refractivity contribution in [2.75, 3.05) is 13.7 Å². The molecule has 0 bridgehead atoms. The van der Waals surface area contributed by atoms with Gasteiger partial charge in [0.05, 0.1) is 0 Å². The molecule has 1 saturated carbocycles.